The maximum atomic E-state index is 5.82. The molecule has 0 radical (unpaired) electrons. The molecule has 4 aromatic rings. The number of H-pyrrole nitrogens is 1. The number of thioether (sulfide) groups is 1. The van der Waals surface area contributed by atoms with Crippen LogP contribution >= 0.6 is 23.1 Å². The number of rotatable bonds is 4. The van der Waals surface area contributed by atoms with Crippen molar-refractivity contribution in [3.8, 4) is 0 Å². The maximum absolute atomic E-state index is 5.82. The van der Waals surface area contributed by atoms with Gasteiger partial charge < -0.3 is 10.7 Å². The fourth-order valence-electron chi connectivity index (χ4n) is 2.57. The van der Waals surface area contributed by atoms with E-state index in [2.05, 4.69) is 40.4 Å². The number of anilines is 1. The number of aryl methyl sites for hydroxylation is 1. The molecule has 0 aliphatic carbocycles. The monoisotopic (exact) mass is 325 g/mol. The van der Waals surface area contributed by atoms with E-state index < -0.39 is 0 Å². The summed E-state index contributed by atoms with van der Waals surface area (Å²) in [6.07, 6.45) is 3.15. The summed E-state index contributed by atoms with van der Waals surface area (Å²) >= 11 is 3.53. The zero-order chi connectivity index (χ0) is 14.9. The summed E-state index contributed by atoms with van der Waals surface area (Å²) in [4.78, 5) is 7.98. The molecule has 0 aliphatic heterocycles. The highest BCUT2D eigenvalue weighted by Crippen LogP contribution is 2.31. The van der Waals surface area contributed by atoms with Crippen LogP contribution in [-0.2, 0) is 6.42 Å². The second-order valence-electron chi connectivity index (χ2n) is 5.16. The Kier molecular flexibility index (Phi) is 3.52. The van der Waals surface area contributed by atoms with Gasteiger partial charge in [0.25, 0.3) is 0 Å². The van der Waals surface area contributed by atoms with Crippen molar-refractivity contribution in [3.63, 3.8) is 0 Å². The van der Waals surface area contributed by atoms with Crippen molar-refractivity contribution in [2.24, 2.45) is 0 Å². The third-order valence-electron chi connectivity index (χ3n) is 3.66. The average Bonchev–Trinajstić information content (AvgIpc) is 3.11. The predicted octanol–water partition coefficient (Wildman–Crippen LogP) is 4.69. The number of nitrogens with one attached hydrogen (secondary N) is 1. The zero-order valence-corrected chi connectivity index (χ0v) is 13.5. The zero-order valence-electron chi connectivity index (χ0n) is 11.9. The van der Waals surface area contributed by atoms with Crippen LogP contribution in [0.2, 0.25) is 0 Å². The van der Waals surface area contributed by atoms with Gasteiger partial charge in [0.15, 0.2) is 4.34 Å². The number of nitrogens with two attached hydrogens (primary N) is 1. The molecule has 5 heteroatoms. The minimum Gasteiger partial charge on any atom is -0.399 e. The summed E-state index contributed by atoms with van der Waals surface area (Å²) in [6, 6.07) is 14.3. The van der Waals surface area contributed by atoms with Crippen LogP contribution < -0.4 is 5.73 Å². The van der Waals surface area contributed by atoms with Gasteiger partial charge in [0, 0.05) is 28.5 Å². The molecule has 2 aromatic heterocycles. The molecule has 3 N–H and O–H groups in total. The second-order valence-corrected chi connectivity index (χ2v) is 7.54. The molecule has 0 atom stereocenters. The molecule has 0 saturated heterocycles. The Morgan fingerprint density at radius 3 is 3.05 bits per heavy atom. The summed E-state index contributed by atoms with van der Waals surface area (Å²) in [5.74, 6) is 1.02. The van der Waals surface area contributed by atoms with Crippen LogP contribution in [0.1, 0.15) is 5.56 Å². The summed E-state index contributed by atoms with van der Waals surface area (Å²) in [5.41, 5.74) is 10.2. The van der Waals surface area contributed by atoms with Gasteiger partial charge in [0.2, 0.25) is 0 Å². The molecule has 0 saturated carbocycles. The van der Waals surface area contributed by atoms with Gasteiger partial charge in [-0.2, -0.15) is 0 Å². The van der Waals surface area contributed by atoms with Crippen LogP contribution in [-0.4, -0.2) is 15.7 Å². The van der Waals surface area contributed by atoms with Crippen molar-refractivity contribution < 1.29 is 0 Å². The first-order valence-electron chi connectivity index (χ1n) is 7.13. The van der Waals surface area contributed by atoms with Gasteiger partial charge in [-0.15, -0.1) is 11.3 Å². The van der Waals surface area contributed by atoms with Crippen LogP contribution in [0, 0.1) is 0 Å². The van der Waals surface area contributed by atoms with E-state index in [1.54, 1.807) is 11.3 Å². The summed E-state index contributed by atoms with van der Waals surface area (Å²) in [5, 5.41) is 1.32. The van der Waals surface area contributed by atoms with Gasteiger partial charge in [0.1, 0.15) is 0 Å². The first-order valence-corrected chi connectivity index (χ1v) is 8.94. The minimum atomic E-state index is 0.798. The normalized spacial score (nSPS) is 11.5. The Morgan fingerprint density at radius 2 is 2.09 bits per heavy atom. The number of thiazole rings is 1. The first-order chi connectivity index (χ1) is 10.8. The number of aromatic amines is 1. The summed E-state index contributed by atoms with van der Waals surface area (Å²) in [6.45, 7) is 0. The molecule has 0 aliphatic rings. The standard InChI is InChI=1S/C17H15N3S2/c18-12-5-6-15-16(9-12)22-17(20-15)21-8-7-11-10-19-14-4-2-1-3-13(11)14/h1-6,9-10,19H,7-8,18H2. The van der Waals surface area contributed by atoms with Crippen molar-refractivity contribution in [3.05, 3.63) is 54.2 Å². The van der Waals surface area contributed by atoms with Crippen LogP contribution in [0.3, 0.4) is 0 Å². The number of nitrogens with zero attached hydrogens (tertiary/aromatic N) is 1. The van der Waals surface area contributed by atoms with Crippen LogP contribution in [0.4, 0.5) is 5.69 Å². The lowest BCUT2D eigenvalue weighted by Gasteiger charge is -1.98. The predicted molar refractivity (Wildman–Crippen MR) is 96.8 cm³/mol. The quantitative estimate of drug-likeness (QED) is 0.422. The number of para-hydroxylation sites is 1. The van der Waals surface area contributed by atoms with Gasteiger partial charge in [-0.05, 0) is 36.2 Å². The van der Waals surface area contributed by atoms with E-state index in [-0.39, 0.29) is 0 Å². The van der Waals surface area contributed by atoms with E-state index in [9.17, 15) is 0 Å². The third-order valence-corrected chi connectivity index (χ3v) is 5.83. The van der Waals surface area contributed by atoms with Crippen LogP contribution in [0.25, 0.3) is 21.1 Å². The lowest BCUT2D eigenvalue weighted by molar-refractivity contribution is 1.16. The Hall–Kier alpha value is -1.98. The molecule has 0 fully saturated rings. The van der Waals surface area contributed by atoms with E-state index in [4.69, 9.17) is 5.73 Å². The Morgan fingerprint density at radius 1 is 1.18 bits per heavy atom. The topological polar surface area (TPSA) is 54.7 Å². The Bertz CT molecular complexity index is 939. The van der Waals surface area contributed by atoms with Gasteiger partial charge >= 0.3 is 0 Å². The van der Waals surface area contributed by atoms with Gasteiger partial charge in [0.05, 0.1) is 10.2 Å². The Balaban J connectivity index is 1.47. The van der Waals surface area contributed by atoms with E-state index in [0.717, 1.165) is 32.4 Å². The highest BCUT2D eigenvalue weighted by Gasteiger charge is 2.07. The molecule has 0 unspecified atom stereocenters. The first kappa shape index (κ1) is 13.7. The smallest absolute Gasteiger partial charge is 0.151 e. The fraction of sp³-hybridized carbons (Fsp3) is 0.118. The van der Waals surface area contributed by atoms with Crippen LogP contribution in [0.5, 0.6) is 0 Å². The van der Waals surface area contributed by atoms with Crippen molar-refractivity contribution >= 4 is 49.9 Å². The number of benzene rings is 2. The summed E-state index contributed by atoms with van der Waals surface area (Å²) in [7, 11) is 0. The van der Waals surface area contributed by atoms with Gasteiger partial charge in [-0.1, -0.05) is 30.0 Å². The number of fused-ring (bicyclic) bond motifs is 2. The number of hydrogen-bond acceptors (Lipinski definition) is 4. The number of aromatic nitrogens is 2. The average molecular weight is 325 g/mol. The molecule has 4 rings (SSSR count). The van der Waals surface area contributed by atoms with E-state index in [1.165, 1.54) is 16.5 Å². The molecule has 110 valence electrons. The number of nitrogen functional groups attached to an aromatic ring is 1. The van der Waals surface area contributed by atoms with Crippen molar-refractivity contribution in [1.29, 1.82) is 0 Å². The molecule has 0 bridgehead atoms. The van der Waals surface area contributed by atoms with Crippen LogP contribution in [0.15, 0.2) is 53.0 Å². The van der Waals surface area contributed by atoms with E-state index in [0.29, 0.717) is 0 Å². The van der Waals surface area contributed by atoms with Gasteiger partial charge in [-0.25, -0.2) is 4.98 Å². The van der Waals surface area contributed by atoms with E-state index >= 15 is 0 Å². The van der Waals surface area contributed by atoms with E-state index in [1.807, 2.05) is 30.0 Å². The third kappa shape index (κ3) is 2.58. The number of hydrogen-bond donors (Lipinski definition) is 2. The lowest BCUT2D eigenvalue weighted by Crippen LogP contribution is -1.86. The summed E-state index contributed by atoms with van der Waals surface area (Å²) < 4.78 is 2.27. The SMILES string of the molecule is Nc1ccc2nc(SCCc3c[nH]c4ccccc34)sc2c1. The van der Waals surface area contributed by atoms with Crippen molar-refractivity contribution in [2.45, 2.75) is 10.8 Å². The maximum Gasteiger partial charge on any atom is 0.151 e. The molecule has 0 spiro atoms. The molecule has 3 nitrogen and oxygen atoms in total. The fourth-order valence-corrected chi connectivity index (χ4v) is 4.73. The largest absolute Gasteiger partial charge is 0.399 e. The van der Waals surface area contributed by atoms with Gasteiger partial charge in [-0.3, -0.25) is 0 Å². The molecule has 22 heavy (non-hydrogen) atoms. The van der Waals surface area contributed by atoms with Crippen molar-refractivity contribution in [1.82, 2.24) is 9.97 Å². The highest BCUT2D eigenvalue weighted by atomic mass is 32.2. The lowest BCUT2D eigenvalue weighted by atomic mass is 10.1. The second kappa shape index (κ2) is 5.66. The Labute approximate surface area is 136 Å². The molecule has 0 amide bonds. The molecular formula is C17H15N3S2. The van der Waals surface area contributed by atoms with Crippen molar-refractivity contribution in [2.75, 3.05) is 11.5 Å². The minimum absolute atomic E-state index is 0.798. The molecular weight excluding hydrogens is 310 g/mol. The highest BCUT2D eigenvalue weighted by molar-refractivity contribution is 8.01. The molecule has 2 heterocycles. The molecule has 2 aromatic carbocycles.